The van der Waals surface area contributed by atoms with Gasteiger partial charge in [-0.15, -0.1) is 0 Å². The van der Waals surface area contributed by atoms with Gasteiger partial charge >= 0.3 is 0 Å². The second-order valence-electron chi connectivity index (χ2n) is 4.48. The first-order valence-corrected chi connectivity index (χ1v) is 6.75. The van der Waals surface area contributed by atoms with Crippen LogP contribution in [0, 0.1) is 6.92 Å². The van der Waals surface area contributed by atoms with Gasteiger partial charge in [-0.1, -0.05) is 0 Å². The maximum absolute atomic E-state index is 6.00. The van der Waals surface area contributed by atoms with E-state index < -0.39 is 0 Å². The fourth-order valence-corrected chi connectivity index (χ4v) is 1.60. The van der Waals surface area contributed by atoms with Crippen molar-refractivity contribution in [2.45, 2.75) is 39.0 Å². The summed E-state index contributed by atoms with van der Waals surface area (Å²) in [5.74, 6) is 0.946. The molecule has 0 saturated heterocycles. The number of aryl methyl sites for hydroxylation is 2. The highest BCUT2D eigenvalue weighted by molar-refractivity contribution is 7.99. The summed E-state index contributed by atoms with van der Waals surface area (Å²) >= 11 is 1.84. The Morgan fingerprint density at radius 1 is 1.50 bits per heavy atom. The zero-order chi connectivity index (χ0) is 12.3. The molecule has 0 aromatic carbocycles. The van der Waals surface area contributed by atoms with E-state index >= 15 is 0 Å². The lowest BCUT2D eigenvalue weighted by atomic mass is 10.2. The second-order valence-corrected chi connectivity index (χ2v) is 5.99. The number of hydrogen-bond donors (Lipinski definition) is 2. The van der Waals surface area contributed by atoms with Crippen LogP contribution in [-0.2, 0) is 6.54 Å². The summed E-state index contributed by atoms with van der Waals surface area (Å²) in [5.41, 5.74) is 7.65. The predicted molar refractivity (Wildman–Crippen MR) is 73.1 cm³/mol. The van der Waals surface area contributed by atoms with Crippen LogP contribution in [-0.4, -0.2) is 27.3 Å². The number of nitrogens with zero attached hydrogens (tertiary/aromatic N) is 2. The third-order valence-corrected chi connectivity index (χ3v) is 3.96. The van der Waals surface area contributed by atoms with Crippen molar-refractivity contribution in [3.8, 4) is 0 Å². The molecule has 4 nitrogen and oxygen atoms in total. The highest BCUT2D eigenvalue weighted by Crippen LogP contribution is 2.26. The molecule has 0 aliphatic rings. The van der Waals surface area contributed by atoms with Crippen LogP contribution < -0.4 is 11.1 Å². The van der Waals surface area contributed by atoms with Gasteiger partial charge in [-0.25, -0.2) is 4.68 Å². The van der Waals surface area contributed by atoms with Gasteiger partial charge in [-0.3, -0.25) is 0 Å². The summed E-state index contributed by atoms with van der Waals surface area (Å²) in [4.78, 5) is 0. The van der Waals surface area contributed by atoms with Crippen molar-refractivity contribution in [1.82, 2.24) is 9.78 Å². The summed E-state index contributed by atoms with van der Waals surface area (Å²) in [6.07, 6.45) is 2.12. The van der Waals surface area contributed by atoms with Crippen LogP contribution in [0.2, 0.25) is 0 Å². The maximum atomic E-state index is 6.00. The van der Waals surface area contributed by atoms with Crippen LogP contribution in [0.25, 0.3) is 0 Å². The van der Waals surface area contributed by atoms with Gasteiger partial charge in [0.1, 0.15) is 5.82 Å². The zero-order valence-electron chi connectivity index (χ0n) is 10.8. The summed E-state index contributed by atoms with van der Waals surface area (Å²) in [6, 6.07) is 0. The zero-order valence-corrected chi connectivity index (χ0v) is 11.6. The molecule has 0 amide bonds. The van der Waals surface area contributed by atoms with E-state index in [1.54, 1.807) is 0 Å². The number of anilines is 2. The van der Waals surface area contributed by atoms with Gasteiger partial charge in [0.2, 0.25) is 0 Å². The van der Waals surface area contributed by atoms with E-state index in [2.05, 4.69) is 37.4 Å². The molecule has 16 heavy (non-hydrogen) atoms. The van der Waals surface area contributed by atoms with Crippen LogP contribution in [0.5, 0.6) is 0 Å². The first-order valence-electron chi connectivity index (χ1n) is 5.53. The minimum Gasteiger partial charge on any atom is -0.394 e. The Kier molecular flexibility index (Phi) is 4.13. The Balaban J connectivity index is 2.81. The highest BCUT2D eigenvalue weighted by atomic mass is 32.2. The molecule has 1 aromatic heterocycles. The SMILES string of the molecule is CCn1nc(C)c(N)c1NCC(C)(C)SC. The van der Waals surface area contributed by atoms with Crippen molar-refractivity contribution in [3.05, 3.63) is 5.69 Å². The van der Waals surface area contributed by atoms with Crippen LogP contribution in [0.1, 0.15) is 26.5 Å². The van der Waals surface area contributed by atoms with Crippen molar-refractivity contribution in [1.29, 1.82) is 0 Å². The summed E-state index contributed by atoms with van der Waals surface area (Å²) in [6.45, 7) is 10.1. The molecule has 1 heterocycles. The summed E-state index contributed by atoms with van der Waals surface area (Å²) < 4.78 is 2.12. The van der Waals surface area contributed by atoms with Gasteiger partial charge in [0.25, 0.3) is 0 Å². The molecule has 0 bridgehead atoms. The molecule has 0 atom stereocenters. The lowest BCUT2D eigenvalue weighted by molar-refractivity contribution is 0.650. The maximum Gasteiger partial charge on any atom is 0.148 e. The van der Waals surface area contributed by atoms with Gasteiger partial charge in [0, 0.05) is 17.8 Å². The third kappa shape index (κ3) is 2.84. The Morgan fingerprint density at radius 3 is 2.62 bits per heavy atom. The number of hydrogen-bond acceptors (Lipinski definition) is 4. The summed E-state index contributed by atoms with van der Waals surface area (Å²) in [7, 11) is 0. The van der Waals surface area contributed by atoms with E-state index in [0.717, 1.165) is 30.3 Å². The van der Waals surface area contributed by atoms with Gasteiger partial charge in [-0.05, 0) is 34.0 Å². The van der Waals surface area contributed by atoms with E-state index in [-0.39, 0.29) is 4.75 Å². The van der Waals surface area contributed by atoms with E-state index in [1.165, 1.54) is 0 Å². The topological polar surface area (TPSA) is 55.9 Å². The van der Waals surface area contributed by atoms with Crippen molar-refractivity contribution >= 4 is 23.3 Å². The third-order valence-electron chi connectivity index (χ3n) is 2.71. The van der Waals surface area contributed by atoms with Gasteiger partial charge in [-0.2, -0.15) is 16.9 Å². The van der Waals surface area contributed by atoms with Crippen LogP contribution in [0.3, 0.4) is 0 Å². The molecule has 0 spiro atoms. The fraction of sp³-hybridized carbons (Fsp3) is 0.727. The minimum absolute atomic E-state index is 0.198. The Morgan fingerprint density at radius 2 is 2.12 bits per heavy atom. The Labute approximate surface area is 102 Å². The molecule has 0 fully saturated rings. The molecule has 0 saturated carbocycles. The largest absolute Gasteiger partial charge is 0.394 e. The average molecular weight is 242 g/mol. The predicted octanol–water partition coefficient (Wildman–Crippen LogP) is 2.35. The van der Waals surface area contributed by atoms with Gasteiger partial charge in [0.05, 0.1) is 11.4 Å². The second kappa shape index (κ2) is 4.99. The minimum atomic E-state index is 0.198. The first kappa shape index (κ1) is 13.2. The van der Waals surface area contributed by atoms with Crippen molar-refractivity contribution in [2.24, 2.45) is 0 Å². The molecule has 1 rings (SSSR count). The number of thioether (sulfide) groups is 1. The molecule has 3 N–H and O–H groups in total. The number of nitrogens with two attached hydrogens (primary N) is 1. The lowest BCUT2D eigenvalue weighted by Crippen LogP contribution is -2.27. The van der Waals surface area contributed by atoms with E-state index in [9.17, 15) is 0 Å². The Bertz CT molecular complexity index is 357. The lowest BCUT2D eigenvalue weighted by Gasteiger charge is -2.23. The van der Waals surface area contributed by atoms with E-state index in [4.69, 9.17) is 5.73 Å². The first-order chi connectivity index (χ1) is 7.41. The molecule has 1 aromatic rings. The standard InChI is InChI=1S/C11H22N4S/c1-6-15-10(9(12)8(2)14-15)13-7-11(3,4)16-5/h13H,6-7,12H2,1-5H3. The average Bonchev–Trinajstić information content (AvgIpc) is 2.52. The van der Waals surface area contributed by atoms with Gasteiger partial charge in [0.15, 0.2) is 0 Å². The molecule has 0 aliphatic heterocycles. The fourth-order valence-electron chi connectivity index (χ4n) is 1.38. The quantitative estimate of drug-likeness (QED) is 0.832. The number of nitrogen functional groups attached to an aromatic ring is 1. The van der Waals surface area contributed by atoms with Crippen molar-refractivity contribution in [3.63, 3.8) is 0 Å². The van der Waals surface area contributed by atoms with Crippen molar-refractivity contribution < 1.29 is 0 Å². The number of aromatic nitrogens is 2. The molecule has 0 radical (unpaired) electrons. The Hall–Kier alpha value is -0.840. The summed E-state index contributed by atoms with van der Waals surface area (Å²) in [5, 5.41) is 7.78. The van der Waals surface area contributed by atoms with Crippen molar-refractivity contribution in [2.75, 3.05) is 23.9 Å². The molecule has 0 unspecified atom stereocenters. The monoisotopic (exact) mass is 242 g/mol. The van der Waals surface area contributed by atoms with Crippen LogP contribution in [0.15, 0.2) is 0 Å². The van der Waals surface area contributed by atoms with Crippen LogP contribution >= 0.6 is 11.8 Å². The molecular formula is C11H22N4S. The molecule has 0 aliphatic carbocycles. The molecular weight excluding hydrogens is 220 g/mol. The van der Waals surface area contributed by atoms with E-state index in [1.807, 2.05) is 23.4 Å². The highest BCUT2D eigenvalue weighted by Gasteiger charge is 2.18. The molecule has 5 heteroatoms. The smallest absolute Gasteiger partial charge is 0.148 e. The molecule has 92 valence electrons. The number of nitrogens with one attached hydrogen (secondary N) is 1. The normalized spacial score (nSPS) is 11.8. The van der Waals surface area contributed by atoms with Crippen LogP contribution in [0.4, 0.5) is 11.5 Å². The van der Waals surface area contributed by atoms with Gasteiger partial charge < -0.3 is 11.1 Å². The van der Waals surface area contributed by atoms with E-state index in [0.29, 0.717) is 0 Å². The number of rotatable bonds is 5.